The molecule has 1 aromatic carbocycles. The highest BCUT2D eigenvalue weighted by Crippen LogP contribution is 2.23. The van der Waals surface area contributed by atoms with E-state index >= 15 is 0 Å². The van der Waals surface area contributed by atoms with Crippen molar-refractivity contribution in [3.05, 3.63) is 40.3 Å². The van der Waals surface area contributed by atoms with Gasteiger partial charge in [0, 0.05) is 11.8 Å². The molecule has 0 saturated carbocycles. The molecule has 3 rings (SSSR count). The molecule has 0 aliphatic carbocycles. The maximum Gasteiger partial charge on any atom is 0.226 e. The van der Waals surface area contributed by atoms with E-state index in [0.29, 0.717) is 17.2 Å². The zero-order valence-corrected chi connectivity index (χ0v) is 15.2. The van der Waals surface area contributed by atoms with Crippen LogP contribution in [0.25, 0.3) is 10.2 Å². The van der Waals surface area contributed by atoms with Crippen LogP contribution in [-0.2, 0) is 22.4 Å². The molecule has 0 fully saturated rings. The number of anilines is 1. The first kappa shape index (κ1) is 17.5. The standard InChI is InChI=1S/C17H18N4O2S2/c18-14(22)9-11-10-24-17(19-11)21-15(23)7-3-4-8-16-20-12-5-1-2-6-13(12)25-16/h1-2,5-6,10H,3-4,7-9H2,(H2,18,22)(H,19,21,23). The number of aryl methyl sites for hydroxylation is 1. The van der Waals surface area contributed by atoms with Crippen molar-refractivity contribution in [3.8, 4) is 0 Å². The molecule has 0 radical (unpaired) electrons. The minimum Gasteiger partial charge on any atom is -0.369 e. The zero-order chi connectivity index (χ0) is 17.6. The molecule has 3 N–H and O–H groups in total. The lowest BCUT2D eigenvalue weighted by Crippen LogP contribution is -2.14. The van der Waals surface area contributed by atoms with Gasteiger partial charge >= 0.3 is 0 Å². The van der Waals surface area contributed by atoms with Gasteiger partial charge < -0.3 is 11.1 Å². The van der Waals surface area contributed by atoms with Gasteiger partial charge in [-0.3, -0.25) is 9.59 Å². The van der Waals surface area contributed by atoms with Gasteiger partial charge in [0.1, 0.15) is 0 Å². The maximum absolute atomic E-state index is 11.9. The number of hydrogen-bond donors (Lipinski definition) is 2. The van der Waals surface area contributed by atoms with Crippen LogP contribution >= 0.6 is 22.7 Å². The van der Waals surface area contributed by atoms with Crippen molar-refractivity contribution < 1.29 is 9.59 Å². The van der Waals surface area contributed by atoms with Crippen LogP contribution in [0, 0.1) is 0 Å². The summed E-state index contributed by atoms with van der Waals surface area (Å²) >= 11 is 3.01. The first-order valence-corrected chi connectivity index (χ1v) is 9.67. The van der Waals surface area contributed by atoms with Gasteiger partial charge in [-0.05, 0) is 31.4 Å². The topological polar surface area (TPSA) is 98.0 Å². The Morgan fingerprint density at radius 3 is 2.80 bits per heavy atom. The molecule has 130 valence electrons. The molecule has 3 aromatic rings. The van der Waals surface area contributed by atoms with Gasteiger partial charge in [-0.15, -0.1) is 22.7 Å². The number of fused-ring (bicyclic) bond motifs is 1. The fourth-order valence-corrected chi connectivity index (χ4v) is 4.13. The van der Waals surface area contributed by atoms with Crippen LogP contribution in [-0.4, -0.2) is 21.8 Å². The molecule has 2 aromatic heterocycles. The average Bonchev–Trinajstić information content (AvgIpc) is 3.17. The van der Waals surface area contributed by atoms with Crippen molar-refractivity contribution in [2.75, 3.05) is 5.32 Å². The monoisotopic (exact) mass is 374 g/mol. The molecule has 2 amide bonds. The minimum absolute atomic E-state index is 0.0655. The fourth-order valence-electron chi connectivity index (χ4n) is 2.39. The molecule has 0 atom stereocenters. The summed E-state index contributed by atoms with van der Waals surface area (Å²) in [5, 5.41) is 6.10. The molecule has 8 heteroatoms. The van der Waals surface area contributed by atoms with Crippen molar-refractivity contribution in [3.63, 3.8) is 0 Å². The highest BCUT2D eigenvalue weighted by atomic mass is 32.1. The minimum atomic E-state index is -0.432. The lowest BCUT2D eigenvalue weighted by Gasteiger charge is -2.01. The van der Waals surface area contributed by atoms with Gasteiger partial charge in [0.15, 0.2) is 5.13 Å². The second-order valence-corrected chi connectivity index (χ2v) is 7.59. The number of amides is 2. The Bertz CT molecular complexity index is 855. The predicted octanol–water partition coefficient (Wildman–Crippen LogP) is 3.13. The Hall–Kier alpha value is -2.32. The van der Waals surface area contributed by atoms with Crippen LogP contribution in [0.2, 0.25) is 0 Å². The summed E-state index contributed by atoms with van der Waals surface area (Å²) in [6.07, 6.45) is 3.12. The van der Waals surface area contributed by atoms with Crippen LogP contribution in [0.15, 0.2) is 29.6 Å². The van der Waals surface area contributed by atoms with E-state index in [1.807, 2.05) is 18.2 Å². The molecular formula is C17H18N4O2S2. The van der Waals surface area contributed by atoms with E-state index in [-0.39, 0.29) is 12.3 Å². The largest absolute Gasteiger partial charge is 0.369 e. The first-order chi connectivity index (χ1) is 12.1. The van der Waals surface area contributed by atoms with E-state index in [9.17, 15) is 9.59 Å². The highest BCUT2D eigenvalue weighted by molar-refractivity contribution is 7.18. The molecule has 0 aliphatic rings. The van der Waals surface area contributed by atoms with Crippen LogP contribution < -0.4 is 11.1 Å². The van der Waals surface area contributed by atoms with Gasteiger partial charge in [0.05, 0.1) is 27.3 Å². The quantitative estimate of drug-likeness (QED) is 0.592. The van der Waals surface area contributed by atoms with Crippen molar-refractivity contribution in [1.29, 1.82) is 0 Å². The van der Waals surface area contributed by atoms with Crippen molar-refractivity contribution in [2.45, 2.75) is 32.1 Å². The lowest BCUT2D eigenvalue weighted by atomic mass is 10.2. The van der Waals surface area contributed by atoms with Gasteiger partial charge in [0.2, 0.25) is 11.8 Å². The fraction of sp³-hybridized carbons (Fsp3) is 0.294. The number of benzene rings is 1. The number of aromatic nitrogens is 2. The number of para-hydroxylation sites is 1. The lowest BCUT2D eigenvalue weighted by molar-refractivity contribution is -0.117. The second-order valence-electron chi connectivity index (χ2n) is 5.62. The van der Waals surface area contributed by atoms with Crippen molar-refractivity contribution >= 4 is 49.8 Å². The van der Waals surface area contributed by atoms with E-state index in [4.69, 9.17) is 5.73 Å². The molecule has 0 unspecified atom stereocenters. The number of unbranched alkanes of at least 4 members (excludes halogenated alkanes) is 1. The van der Waals surface area contributed by atoms with Crippen LogP contribution in [0.4, 0.5) is 5.13 Å². The predicted molar refractivity (Wildman–Crippen MR) is 101 cm³/mol. The normalized spacial score (nSPS) is 10.9. The Labute approximate surface area is 153 Å². The maximum atomic E-state index is 11.9. The van der Waals surface area contributed by atoms with E-state index < -0.39 is 5.91 Å². The molecule has 0 bridgehead atoms. The second kappa shape index (κ2) is 8.17. The van der Waals surface area contributed by atoms with Gasteiger partial charge in [-0.2, -0.15) is 0 Å². The molecule has 6 nitrogen and oxygen atoms in total. The van der Waals surface area contributed by atoms with E-state index in [2.05, 4.69) is 21.4 Å². The first-order valence-electron chi connectivity index (χ1n) is 7.97. The van der Waals surface area contributed by atoms with Crippen molar-refractivity contribution in [1.82, 2.24) is 9.97 Å². The van der Waals surface area contributed by atoms with Gasteiger partial charge in [-0.1, -0.05) is 12.1 Å². The molecule has 25 heavy (non-hydrogen) atoms. The van der Waals surface area contributed by atoms with Crippen LogP contribution in [0.5, 0.6) is 0 Å². The number of hydrogen-bond acceptors (Lipinski definition) is 6. The van der Waals surface area contributed by atoms with E-state index in [1.54, 1.807) is 16.7 Å². The Morgan fingerprint density at radius 1 is 1.16 bits per heavy atom. The summed E-state index contributed by atoms with van der Waals surface area (Å²) in [5.74, 6) is -0.498. The number of rotatable bonds is 8. The van der Waals surface area contributed by atoms with E-state index in [0.717, 1.165) is 29.8 Å². The third-order valence-electron chi connectivity index (χ3n) is 3.54. The Kier molecular flexibility index (Phi) is 5.72. The summed E-state index contributed by atoms with van der Waals surface area (Å²) in [4.78, 5) is 31.6. The summed E-state index contributed by atoms with van der Waals surface area (Å²) < 4.78 is 1.20. The van der Waals surface area contributed by atoms with Crippen molar-refractivity contribution in [2.24, 2.45) is 5.73 Å². The van der Waals surface area contributed by atoms with Gasteiger partial charge in [0.25, 0.3) is 0 Å². The SMILES string of the molecule is NC(=O)Cc1csc(NC(=O)CCCCc2nc3ccccc3s2)n1. The third kappa shape index (κ3) is 5.07. The van der Waals surface area contributed by atoms with Crippen LogP contribution in [0.1, 0.15) is 30.0 Å². The highest BCUT2D eigenvalue weighted by Gasteiger charge is 2.09. The Balaban J connectivity index is 1.40. The Morgan fingerprint density at radius 2 is 2.00 bits per heavy atom. The van der Waals surface area contributed by atoms with Gasteiger partial charge in [-0.25, -0.2) is 9.97 Å². The van der Waals surface area contributed by atoms with Crippen LogP contribution in [0.3, 0.4) is 0 Å². The molecule has 2 heterocycles. The number of carbonyl (C=O) groups is 2. The molecule has 0 saturated heterocycles. The number of nitrogens with zero attached hydrogens (tertiary/aromatic N) is 2. The summed E-state index contributed by atoms with van der Waals surface area (Å²) in [7, 11) is 0. The third-order valence-corrected chi connectivity index (χ3v) is 5.44. The number of primary amides is 1. The smallest absolute Gasteiger partial charge is 0.226 e. The summed E-state index contributed by atoms with van der Waals surface area (Å²) in [6.45, 7) is 0. The summed E-state index contributed by atoms with van der Waals surface area (Å²) in [5.41, 5.74) is 6.75. The summed E-state index contributed by atoms with van der Waals surface area (Å²) in [6, 6.07) is 8.10. The zero-order valence-electron chi connectivity index (χ0n) is 13.5. The number of thiazole rings is 2. The van der Waals surface area contributed by atoms with E-state index in [1.165, 1.54) is 16.0 Å². The molecule has 0 aliphatic heterocycles. The molecule has 0 spiro atoms. The number of carbonyl (C=O) groups excluding carboxylic acids is 2. The average molecular weight is 374 g/mol. The molecular weight excluding hydrogens is 356 g/mol. The number of nitrogens with two attached hydrogens (primary N) is 1. The number of nitrogens with one attached hydrogen (secondary N) is 1.